The maximum atomic E-state index is 12.3. The van der Waals surface area contributed by atoms with Crippen molar-refractivity contribution in [3.8, 4) is 5.75 Å². The monoisotopic (exact) mass is 358 g/mol. The molecular weight excluding hydrogens is 340 g/mol. The number of halogens is 1. The largest absolute Gasteiger partial charge is 0.496 e. The summed E-state index contributed by atoms with van der Waals surface area (Å²) in [7, 11) is 1.53. The number of hydrogen-bond donors (Lipinski definition) is 1. The molecule has 1 N–H and O–H groups in total. The second kappa shape index (κ2) is 7.53. The SMILES string of the molecule is COc1ccc(Cl)cc1C(=O)NCCCc1cnc2cc(C)nn2c1. The second-order valence-electron chi connectivity index (χ2n) is 5.75. The molecule has 6 nitrogen and oxygen atoms in total. The van der Waals surface area contributed by atoms with Crippen molar-refractivity contribution in [2.45, 2.75) is 19.8 Å². The van der Waals surface area contributed by atoms with E-state index in [2.05, 4.69) is 15.4 Å². The number of aryl methyl sites for hydroxylation is 2. The third kappa shape index (κ3) is 4.09. The average Bonchev–Trinajstić information content (AvgIpc) is 2.97. The molecule has 0 aliphatic heterocycles. The van der Waals surface area contributed by atoms with Crippen molar-refractivity contribution in [3.05, 3.63) is 58.5 Å². The van der Waals surface area contributed by atoms with Crippen LogP contribution in [0, 0.1) is 6.92 Å². The van der Waals surface area contributed by atoms with E-state index in [1.165, 1.54) is 7.11 Å². The fraction of sp³-hybridized carbons (Fsp3) is 0.278. The summed E-state index contributed by atoms with van der Waals surface area (Å²) in [5, 5.41) is 7.75. The summed E-state index contributed by atoms with van der Waals surface area (Å²) in [6, 6.07) is 6.91. The van der Waals surface area contributed by atoms with Crippen LogP contribution in [0.4, 0.5) is 0 Å². The van der Waals surface area contributed by atoms with Crippen LogP contribution in [0.5, 0.6) is 5.75 Å². The molecule has 0 fully saturated rings. The summed E-state index contributed by atoms with van der Waals surface area (Å²) in [5.74, 6) is 0.307. The van der Waals surface area contributed by atoms with Crippen LogP contribution in [0.15, 0.2) is 36.7 Å². The lowest BCUT2D eigenvalue weighted by Gasteiger charge is -2.09. The van der Waals surface area contributed by atoms with Gasteiger partial charge in [0.15, 0.2) is 5.65 Å². The number of nitrogens with zero attached hydrogens (tertiary/aromatic N) is 3. The Bertz CT molecular complexity index is 907. The molecular formula is C18H19ClN4O2. The van der Waals surface area contributed by atoms with Gasteiger partial charge in [0, 0.05) is 30.0 Å². The van der Waals surface area contributed by atoms with E-state index in [1.54, 1.807) is 22.7 Å². The van der Waals surface area contributed by atoms with Crippen molar-refractivity contribution in [2.24, 2.45) is 0 Å². The van der Waals surface area contributed by atoms with Gasteiger partial charge in [-0.3, -0.25) is 4.79 Å². The van der Waals surface area contributed by atoms with E-state index in [-0.39, 0.29) is 5.91 Å². The molecule has 0 saturated heterocycles. The first-order chi connectivity index (χ1) is 12.1. The Kier molecular flexibility index (Phi) is 5.19. The van der Waals surface area contributed by atoms with Gasteiger partial charge in [-0.25, -0.2) is 9.50 Å². The predicted molar refractivity (Wildman–Crippen MR) is 96.4 cm³/mol. The Morgan fingerprint density at radius 3 is 3.00 bits per heavy atom. The maximum absolute atomic E-state index is 12.3. The number of nitrogens with one attached hydrogen (secondary N) is 1. The van der Waals surface area contributed by atoms with Crippen molar-refractivity contribution in [2.75, 3.05) is 13.7 Å². The standard InChI is InChI=1S/C18H19ClN4O2/c1-12-8-17-21-10-13(11-23(17)22-12)4-3-7-20-18(24)15-9-14(19)5-6-16(15)25-2/h5-6,8-11H,3-4,7H2,1-2H3,(H,20,24). The van der Waals surface area contributed by atoms with Gasteiger partial charge in [0.05, 0.1) is 18.4 Å². The molecule has 3 rings (SSSR count). The van der Waals surface area contributed by atoms with Crippen LogP contribution in [0.3, 0.4) is 0 Å². The first-order valence-corrected chi connectivity index (χ1v) is 8.37. The van der Waals surface area contributed by atoms with Gasteiger partial charge in [0.25, 0.3) is 5.91 Å². The Labute approximate surface area is 150 Å². The van der Waals surface area contributed by atoms with Crippen molar-refractivity contribution in [1.29, 1.82) is 0 Å². The molecule has 0 radical (unpaired) electrons. The third-order valence-corrected chi connectivity index (χ3v) is 4.06. The fourth-order valence-electron chi connectivity index (χ4n) is 2.61. The van der Waals surface area contributed by atoms with E-state index in [9.17, 15) is 4.79 Å². The molecule has 2 heterocycles. The maximum Gasteiger partial charge on any atom is 0.255 e. The summed E-state index contributed by atoms with van der Waals surface area (Å²) >= 11 is 5.96. The zero-order chi connectivity index (χ0) is 17.8. The highest BCUT2D eigenvalue weighted by Gasteiger charge is 2.12. The number of fused-ring (bicyclic) bond motifs is 1. The Balaban J connectivity index is 1.55. The summed E-state index contributed by atoms with van der Waals surface area (Å²) in [4.78, 5) is 16.7. The molecule has 0 atom stereocenters. The first-order valence-electron chi connectivity index (χ1n) is 7.99. The van der Waals surface area contributed by atoms with Crippen LogP contribution >= 0.6 is 11.6 Å². The van der Waals surface area contributed by atoms with Gasteiger partial charge in [-0.05, 0) is 43.5 Å². The molecule has 0 aliphatic rings. The van der Waals surface area contributed by atoms with Crippen molar-refractivity contribution in [3.63, 3.8) is 0 Å². The van der Waals surface area contributed by atoms with E-state index in [4.69, 9.17) is 16.3 Å². The van der Waals surface area contributed by atoms with Crippen LogP contribution < -0.4 is 10.1 Å². The molecule has 25 heavy (non-hydrogen) atoms. The van der Waals surface area contributed by atoms with Crippen molar-refractivity contribution in [1.82, 2.24) is 19.9 Å². The molecule has 0 aliphatic carbocycles. The quantitative estimate of drug-likeness (QED) is 0.687. The average molecular weight is 359 g/mol. The fourth-order valence-corrected chi connectivity index (χ4v) is 2.78. The lowest BCUT2D eigenvalue weighted by atomic mass is 10.1. The normalized spacial score (nSPS) is 10.8. The number of amides is 1. The molecule has 0 bridgehead atoms. The number of ether oxygens (including phenoxy) is 1. The van der Waals surface area contributed by atoms with Crippen molar-refractivity contribution >= 4 is 23.2 Å². The number of carbonyl (C=O) groups excluding carboxylic acids is 1. The number of methoxy groups -OCH3 is 1. The van der Waals surface area contributed by atoms with Gasteiger partial charge in [-0.1, -0.05) is 11.6 Å². The highest BCUT2D eigenvalue weighted by atomic mass is 35.5. The first kappa shape index (κ1) is 17.2. The van der Waals surface area contributed by atoms with E-state index in [0.717, 1.165) is 29.7 Å². The summed E-state index contributed by atoms with van der Waals surface area (Å²) in [6.45, 7) is 2.48. The van der Waals surface area contributed by atoms with Crippen LogP contribution in [0.2, 0.25) is 5.02 Å². The highest BCUT2D eigenvalue weighted by Crippen LogP contribution is 2.22. The number of benzene rings is 1. The van der Waals surface area contributed by atoms with E-state index in [0.29, 0.717) is 22.9 Å². The lowest BCUT2D eigenvalue weighted by molar-refractivity contribution is 0.0950. The Morgan fingerprint density at radius 1 is 1.36 bits per heavy atom. The number of hydrogen-bond acceptors (Lipinski definition) is 4. The molecule has 130 valence electrons. The van der Waals surface area contributed by atoms with Gasteiger partial charge in [-0.15, -0.1) is 0 Å². The molecule has 3 aromatic rings. The minimum absolute atomic E-state index is 0.198. The lowest BCUT2D eigenvalue weighted by Crippen LogP contribution is -2.25. The van der Waals surface area contributed by atoms with E-state index >= 15 is 0 Å². The third-order valence-electron chi connectivity index (χ3n) is 3.82. The predicted octanol–water partition coefficient (Wildman–Crippen LogP) is 3.06. The second-order valence-corrected chi connectivity index (χ2v) is 6.19. The van der Waals surface area contributed by atoms with Crippen molar-refractivity contribution < 1.29 is 9.53 Å². The summed E-state index contributed by atoms with van der Waals surface area (Å²) in [5.41, 5.74) is 3.28. The zero-order valence-electron chi connectivity index (χ0n) is 14.1. The highest BCUT2D eigenvalue weighted by molar-refractivity contribution is 6.31. The molecule has 1 amide bonds. The van der Waals surface area contributed by atoms with Gasteiger partial charge in [0.1, 0.15) is 5.75 Å². The van der Waals surface area contributed by atoms with Crippen LogP contribution in [-0.4, -0.2) is 34.2 Å². The molecule has 0 saturated carbocycles. The summed E-state index contributed by atoms with van der Waals surface area (Å²) < 4.78 is 6.98. The minimum Gasteiger partial charge on any atom is -0.496 e. The Hall–Kier alpha value is -2.60. The van der Waals surface area contributed by atoms with Gasteiger partial charge in [-0.2, -0.15) is 5.10 Å². The Morgan fingerprint density at radius 2 is 2.20 bits per heavy atom. The van der Waals surface area contributed by atoms with E-state index < -0.39 is 0 Å². The van der Waals surface area contributed by atoms with Gasteiger partial charge in [0.2, 0.25) is 0 Å². The minimum atomic E-state index is -0.198. The molecule has 0 unspecified atom stereocenters. The van der Waals surface area contributed by atoms with Gasteiger partial charge < -0.3 is 10.1 Å². The molecule has 1 aromatic carbocycles. The zero-order valence-corrected chi connectivity index (χ0v) is 14.9. The molecule has 7 heteroatoms. The number of aromatic nitrogens is 3. The number of rotatable bonds is 6. The molecule has 0 spiro atoms. The smallest absolute Gasteiger partial charge is 0.255 e. The van der Waals surface area contributed by atoms with Crippen LogP contribution in [-0.2, 0) is 6.42 Å². The molecule has 2 aromatic heterocycles. The van der Waals surface area contributed by atoms with Crippen LogP contribution in [0.1, 0.15) is 28.0 Å². The van der Waals surface area contributed by atoms with Gasteiger partial charge >= 0.3 is 0 Å². The summed E-state index contributed by atoms with van der Waals surface area (Å²) in [6.07, 6.45) is 5.41. The number of carbonyl (C=O) groups is 1. The van der Waals surface area contributed by atoms with E-state index in [1.807, 2.05) is 25.4 Å². The van der Waals surface area contributed by atoms with Crippen LogP contribution in [0.25, 0.3) is 5.65 Å². The topological polar surface area (TPSA) is 68.5 Å².